The molecule has 1 atom stereocenters. The normalized spacial score (nSPS) is 12.2. The summed E-state index contributed by atoms with van der Waals surface area (Å²) in [6, 6.07) is 5.71. The maximum atomic E-state index is 11.8. The van der Waals surface area contributed by atoms with Gasteiger partial charge in [-0.3, -0.25) is 4.79 Å². The molecule has 7 heteroatoms. The zero-order valence-corrected chi connectivity index (χ0v) is 13.7. The van der Waals surface area contributed by atoms with E-state index in [-0.39, 0.29) is 11.2 Å². The molecule has 0 spiro atoms. The molecule has 21 heavy (non-hydrogen) atoms. The second-order valence-electron chi connectivity index (χ2n) is 5.06. The Morgan fingerprint density at radius 2 is 2.00 bits per heavy atom. The quantitative estimate of drug-likeness (QED) is 0.807. The largest absolute Gasteiger partial charge is 0.348 e. The molecule has 2 aromatic heterocycles. The standard InChI is InChI=1S/C14H19N5OS/c1-9-8-10(2)19(17-9)12-6-7-13(16-15-12)21-11(3)14(20)18(4)5/h6-8,11H,1-5H3/t11-/m1/s1. The van der Waals surface area contributed by atoms with Crippen LogP contribution in [0.1, 0.15) is 18.3 Å². The van der Waals surface area contributed by atoms with E-state index < -0.39 is 0 Å². The highest BCUT2D eigenvalue weighted by atomic mass is 32.2. The van der Waals surface area contributed by atoms with Crippen LogP contribution in [-0.4, -0.2) is 50.1 Å². The Labute approximate surface area is 128 Å². The van der Waals surface area contributed by atoms with Gasteiger partial charge in [0.1, 0.15) is 5.03 Å². The lowest BCUT2D eigenvalue weighted by atomic mass is 10.4. The zero-order valence-electron chi connectivity index (χ0n) is 12.9. The third-order valence-electron chi connectivity index (χ3n) is 2.94. The Morgan fingerprint density at radius 1 is 1.29 bits per heavy atom. The molecule has 2 heterocycles. The molecule has 1 amide bonds. The molecule has 0 aliphatic heterocycles. The number of nitrogens with zero attached hydrogens (tertiary/aromatic N) is 5. The second kappa shape index (κ2) is 6.26. The molecule has 0 saturated heterocycles. The van der Waals surface area contributed by atoms with E-state index in [9.17, 15) is 4.79 Å². The number of thioether (sulfide) groups is 1. The number of rotatable bonds is 4. The summed E-state index contributed by atoms with van der Waals surface area (Å²) in [5, 5.41) is 13.3. The van der Waals surface area contributed by atoms with Gasteiger partial charge in [-0.25, -0.2) is 4.68 Å². The maximum absolute atomic E-state index is 11.8. The molecule has 0 radical (unpaired) electrons. The number of aromatic nitrogens is 4. The molecule has 0 unspecified atom stereocenters. The van der Waals surface area contributed by atoms with Crippen molar-refractivity contribution in [2.24, 2.45) is 0 Å². The van der Waals surface area contributed by atoms with Crippen molar-refractivity contribution < 1.29 is 4.79 Å². The summed E-state index contributed by atoms with van der Waals surface area (Å²) in [5.41, 5.74) is 1.95. The van der Waals surface area contributed by atoms with Crippen LogP contribution in [0.4, 0.5) is 0 Å². The fourth-order valence-corrected chi connectivity index (χ4v) is 2.85. The van der Waals surface area contributed by atoms with Crippen LogP contribution >= 0.6 is 11.8 Å². The topological polar surface area (TPSA) is 63.9 Å². The van der Waals surface area contributed by atoms with Crippen molar-refractivity contribution >= 4 is 17.7 Å². The molecule has 0 aliphatic carbocycles. The molecule has 0 aromatic carbocycles. The van der Waals surface area contributed by atoms with Gasteiger partial charge in [-0.2, -0.15) is 5.10 Å². The lowest BCUT2D eigenvalue weighted by Crippen LogP contribution is -2.29. The summed E-state index contributed by atoms with van der Waals surface area (Å²) in [6.07, 6.45) is 0. The van der Waals surface area contributed by atoms with E-state index in [4.69, 9.17) is 0 Å². The van der Waals surface area contributed by atoms with Crippen molar-refractivity contribution in [1.82, 2.24) is 24.9 Å². The van der Waals surface area contributed by atoms with Crippen LogP contribution in [-0.2, 0) is 4.79 Å². The molecule has 2 rings (SSSR count). The molecular weight excluding hydrogens is 286 g/mol. The monoisotopic (exact) mass is 305 g/mol. The molecule has 0 fully saturated rings. The predicted molar refractivity (Wildman–Crippen MR) is 82.6 cm³/mol. The molecule has 0 bridgehead atoms. The van der Waals surface area contributed by atoms with E-state index >= 15 is 0 Å². The Hall–Kier alpha value is -1.89. The van der Waals surface area contributed by atoms with E-state index in [0.29, 0.717) is 5.82 Å². The number of carbonyl (C=O) groups excluding carboxylic acids is 1. The van der Waals surface area contributed by atoms with Crippen LogP contribution in [0.3, 0.4) is 0 Å². The number of amides is 1. The molecule has 0 N–H and O–H groups in total. The van der Waals surface area contributed by atoms with Crippen molar-refractivity contribution in [2.75, 3.05) is 14.1 Å². The van der Waals surface area contributed by atoms with Gasteiger partial charge in [0, 0.05) is 19.8 Å². The van der Waals surface area contributed by atoms with Crippen LogP contribution in [0.15, 0.2) is 23.2 Å². The van der Waals surface area contributed by atoms with Gasteiger partial charge in [0.15, 0.2) is 5.82 Å². The number of hydrogen-bond donors (Lipinski definition) is 0. The first-order chi connectivity index (χ1) is 9.88. The maximum Gasteiger partial charge on any atom is 0.235 e. The van der Waals surface area contributed by atoms with Gasteiger partial charge < -0.3 is 4.90 Å². The lowest BCUT2D eigenvalue weighted by Gasteiger charge is -2.15. The molecule has 2 aromatic rings. The van der Waals surface area contributed by atoms with Crippen molar-refractivity contribution in [3.05, 3.63) is 29.6 Å². The minimum absolute atomic E-state index is 0.0597. The number of hydrogen-bond acceptors (Lipinski definition) is 5. The van der Waals surface area contributed by atoms with Crippen LogP contribution in [0.2, 0.25) is 0 Å². The lowest BCUT2D eigenvalue weighted by molar-refractivity contribution is -0.127. The van der Waals surface area contributed by atoms with Crippen molar-refractivity contribution in [1.29, 1.82) is 0 Å². The highest BCUT2D eigenvalue weighted by Gasteiger charge is 2.17. The van der Waals surface area contributed by atoms with Crippen LogP contribution < -0.4 is 0 Å². The van der Waals surface area contributed by atoms with Crippen LogP contribution in [0.5, 0.6) is 0 Å². The van der Waals surface area contributed by atoms with Crippen LogP contribution in [0, 0.1) is 13.8 Å². The Kier molecular flexibility index (Phi) is 4.62. The highest BCUT2D eigenvalue weighted by molar-refractivity contribution is 8.00. The van der Waals surface area contributed by atoms with Gasteiger partial charge in [-0.05, 0) is 39.0 Å². The van der Waals surface area contributed by atoms with Gasteiger partial charge in [0.25, 0.3) is 0 Å². The van der Waals surface area contributed by atoms with Crippen molar-refractivity contribution in [2.45, 2.75) is 31.0 Å². The van der Waals surface area contributed by atoms with Gasteiger partial charge in [-0.15, -0.1) is 10.2 Å². The zero-order chi connectivity index (χ0) is 15.6. The van der Waals surface area contributed by atoms with E-state index in [1.165, 1.54) is 11.8 Å². The average molecular weight is 305 g/mol. The summed E-state index contributed by atoms with van der Waals surface area (Å²) >= 11 is 1.40. The van der Waals surface area contributed by atoms with Crippen molar-refractivity contribution in [3.8, 4) is 5.82 Å². The molecular formula is C14H19N5OS. The first-order valence-electron chi connectivity index (χ1n) is 6.63. The Bertz CT molecular complexity index is 635. The molecule has 6 nitrogen and oxygen atoms in total. The summed E-state index contributed by atoms with van der Waals surface area (Å²) in [6.45, 7) is 5.78. The van der Waals surface area contributed by atoms with Crippen molar-refractivity contribution in [3.63, 3.8) is 0 Å². The summed E-state index contributed by atoms with van der Waals surface area (Å²) in [7, 11) is 3.49. The van der Waals surface area contributed by atoms with E-state index in [2.05, 4.69) is 15.3 Å². The summed E-state index contributed by atoms with van der Waals surface area (Å²) < 4.78 is 1.76. The van der Waals surface area contributed by atoms with Gasteiger partial charge in [-0.1, -0.05) is 11.8 Å². The Morgan fingerprint density at radius 3 is 2.48 bits per heavy atom. The summed E-state index contributed by atoms with van der Waals surface area (Å²) in [4.78, 5) is 13.4. The fraction of sp³-hybridized carbons (Fsp3) is 0.429. The predicted octanol–water partition coefficient (Wildman–Crippen LogP) is 1.85. The molecule has 0 aliphatic rings. The van der Waals surface area contributed by atoms with Gasteiger partial charge in [0.2, 0.25) is 5.91 Å². The van der Waals surface area contributed by atoms with Gasteiger partial charge >= 0.3 is 0 Å². The molecule has 0 saturated carbocycles. The first kappa shape index (κ1) is 15.5. The van der Waals surface area contributed by atoms with E-state index in [1.54, 1.807) is 23.7 Å². The first-order valence-corrected chi connectivity index (χ1v) is 7.51. The highest BCUT2D eigenvalue weighted by Crippen LogP contribution is 2.22. The number of aryl methyl sites for hydroxylation is 2. The SMILES string of the molecule is Cc1cc(C)n(-c2ccc(S[C@H](C)C(=O)N(C)C)nn2)n1. The smallest absolute Gasteiger partial charge is 0.235 e. The second-order valence-corrected chi connectivity index (χ2v) is 6.42. The third-order valence-corrected chi connectivity index (χ3v) is 3.95. The van der Waals surface area contributed by atoms with Gasteiger partial charge in [0.05, 0.1) is 10.9 Å². The minimum atomic E-state index is -0.186. The van der Waals surface area contributed by atoms with Crippen LogP contribution in [0.25, 0.3) is 5.82 Å². The Balaban J connectivity index is 2.12. The number of carbonyl (C=O) groups is 1. The van der Waals surface area contributed by atoms with E-state index in [0.717, 1.165) is 16.4 Å². The minimum Gasteiger partial charge on any atom is -0.348 e. The third kappa shape index (κ3) is 3.60. The summed E-state index contributed by atoms with van der Waals surface area (Å²) in [5.74, 6) is 0.737. The molecule has 112 valence electrons. The average Bonchev–Trinajstić information content (AvgIpc) is 2.77. The van der Waals surface area contributed by atoms with E-state index in [1.807, 2.05) is 39.0 Å². The fourth-order valence-electron chi connectivity index (χ4n) is 1.94.